The van der Waals surface area contributed by atoms with Gasteiger partial charge in [-0.1, -0.05) is 11.6 Å². The van der Waals surface area contributed by atoms with Crippen LogP contribution in [0.1, 0.15) is 24.3 Å². The molecule has 0 saturated carbocycles. The first-order valence-corrected chi connectivity index (χ1v) is 5.71. The Morgan fingerprint density at radius 3 is 3.06 bits per heavy atom. The molecule has 0 amide bonds. The second-order valence-corrected chi connectivity index (χ2v) is 4.26. The topological polar surface area (TPSA) is 34.1 Å². The minimum absolute atomic E-state index is 0.0440. The van der Waals surface area contributed by atoms with E-state index in [0.29, 0.717) is 5.15 Å². The van der Waals surface area contributed by atoms with E-state index in [2.05, 4.69) is 10.3 Å². The van der Waals surface area contributed by atoms with Crippen LogP contribution in [0.25, 0.3) is 0 Å². The maximum atomic E-state index is 13.5. The molecule has 0 radical (unpaired) electrons. The molecule has 16 heavy (non-hydrogen) atoms. The average Bonchev–Trinajstić information content (AvgIpc) is 2.32. The van der Waals surface area contributed by atoms with Crippen LogP contribution < -0.4 is 10.1 Å². The number of ether oxygens (including phenoxy) is 1. The average molecular weight is 245 g/mol. The van der Waals surface area contributed by atoms with E-state index < -0.39 is 5.82 Å². The molecule has 1 aliphatic heterocycles. The molecule has 1 N–H and O–H groups in total. The molecule has 1 aliphatic rings. The molecular weight excluding hydrogens is 231 g/mol. The smallest absolute Gasteiger partial charge is 0.251 e. The van der Waals surface area contributed by atoms with Crippen LogP contribution in [0.4, 0.5) is 4.39 Å². The first-order chi connectivity index (χ1) is 7.72. The standard InChI is InChI=1S/C11H14ClFN2O/c1-16-11-9(13)5-8(10(12)15-11)7-3-2-4-14-6-7/h5,7,14H,2-4,6H2,1H3. The number of hydrogen-bond acceptors (Lipinski definition) is 3. The van der Waals surface area contributed by atoms with Crippen LogP contribution in [-0.4, -0.2) is 25.2 Å². The van der Waals surface area contributed by atoms with Crippen molar-refractivity contribution in [3.8, 4) is 5.88 Å². The lowest BCUT2D eigenvalue weighted by Gasteiger charge is -2.23. The quantitative estimate of drug-likeness (QED) is 0.811. The van der Waals surface area contributed by atoms with E-state index in [1.54, 1.807) is 0 Å². The molecular formula is C11H14ClFN2O. The van der Waals surface area contributed by atoms with E-state index in [1.165, 1.54) is 13.2 Å². The van der Waals surface area contributed by atoms with Gasteiger partial charge < -0.3 is 10.1 Å². The van der Waals surface area contributed by atoms with Crippen LogP contribution in [0.5, 0.6) is 5.88 Å². The van der Waals surface area contributed by atoms with Gasteiger partial charge in [-0.05, 0) is 36.9 Å². The Bertz CT molecular complexity index is 380. The number of hydrogen-bond donors (Lipinski definition) is 1. The van der Waals surface area contributed by atoms with Crippen molar-refractivity contribution in [3.05, 3.63) is 22.6 Å². The highest BCUT2D eigenvalue weighted by atomic mass is 35.5. The lowest BCUT2D eigenvalue weighted by atomic mass is 9.93. The van der Waals surface area contributed by atoms with Crippen molar-refractivity contribution in [1.82, 2.24) is 10.3 Å². The van der Waals surface area contributed by atoms with Gasteiger partial charge in [0.05, 0.1) is 7.11 Å². The Hall–Kier alpha value is -0.870. The highest BCUT2D eigenvalue weighted by Crippen LogP contribution is 2.31. The van der Waals surface area contributed by atoms with Crippen LogP contribution in [-0.2, 0) is 0 Å². The van der Waals surface area contributed by atoms with Crippen LogP contribution in [0.15, 0.2) is 6.07 Å². The first kappa shape index (κ1) is 11.6. The summed E-state index contributed by atoms with van der Waals surface area (Å²) < 4.78 is 18.3. The van der Waals surface area contributed by atoms with Gasteiger partial charge in [-0.15, -0.1) is 0 Å². The summed E-state index contributed by atoms with van der Waals surface area (Å²) in [6.07, 6.45) is 2.09. The number of piperidine rings is 1. The number of rotatable bonds is 2. The number of halogens is 2. The highest BCUT2D eigenvalue weighted by molar-refractivity contribution is 6.30. The number of nitrogens with one attached hydrogen (secondary N) is 1. The molecule has 1 unspecified atom stereocenters. The lowest BCUT2D eigenvalue weighted by molar-refractivity contribution is 0.367. The molecule has 1 saturated heterocycles. The minimum Gasteiger partial charge on any atom is -0.479 e. The third kappa shape index (κ3) is 2.28. The van der Waals surface area contributed by atoms with Gasteiger partial charge in [0.2, 0.25) is 0 Å². The molecule has 1 atom stereocenters. The Morgan fingerprint density at radius 1 is 1.62 bits per heavy atom. The van der Waals surface area contributed by atoms with Gasteiger partial charge in [0, 0.05) is 6.54 Å². The molecule has 2 rings (SSSR count). The summed E-state index contributed by atoms with van der Waals surface area (Å²) in [5.41, 5.74) is 0.771. The van der Waals surface area contributed by atoms with E-state index in [1.807, 2.05) is 0 Å². The van der Waals surface area contributed by atoms with E-state index in [-0.39, 0.29) is 11.8 Å². The van der Waals surface area contributed by atoms with Crippen LogP contribution in [0.3, 0.4) is 0 Å². The lowest BCUT2D eigenvalue weighted by Crippen LogP contribution is -2.28. The number of nitrogens with zero attached hydrogens (tertiary/aromatic N) is 1. The van der Waals surface area contributed by atoms with Gasteiger partial charge in [0.1, 0.15) is 5.15 Å². The fourth-order valence-corrected chi connectivity index (χ4v) is 2.30. The van der Waals surface area contributed by atoms with Gasteiger partial charge in [0.15, 0.2) is 5.82 Å². The van der Waals surface area contributed by atoms with Gasteiger partial charge in [-0.2, -0.15) is 4.98 Å². The maximum absolute atomic E-state index is 13.5. The van der Waals surface area contributed by atoms with Crippen LogP contribution in [0, 0.1) is 5.82 Å². The van der Waals surface area contributed by atoms with Crippen molar-refractivity contribution in [2.45, 2.75) is 18.8 Å². The van der Waals surface area contributed by atoms with Crippen molar-refractivity contribution in [2.75, 3.05) is 20.2 Å². The zero-order chi connectivity index (χ0) is 11.5. The second kappa shape index (κ2) is 4.97. The molecule has 1 aromatic heterocycles. The zero-order valence-corrected chi connectivity index (χ0v) is 9.85. The highest BCUT2D eigenvalue weighted by Gasteiger charge is 2.21. The Labute approximate surface area is 99.0 Å². The molecule has 1 aromatic rings. The van der Waals surface area contributed by atoms with Crippen molar-refractivity contribution < 1.29 is 9.13 Å². The molecule has 1 fully saturated rings. The van der Waals surface area contributed by atoms with E-state index >= 15 is 0 Å². The Balaban J connectivity index is 2.29. The van der Waals surface area contributed by atoms with Gasteiger partial charge >= 0.3 is 0 Å². The van der Waals surface area contributed by atoms with Crippen LogP contribution >= 0.6 is 11.6 Å². The van der Waals surface area contributed by atoms with Gasteiger partial charge in [-0.25, -0.2) is 4.39 Å². The van der Waals surface area contributed by atoms with Gasteiger partial charge in [0.25, 0.3) is 5.88 Å². The molecule has 0 aliphatic carbocycles. The molecule has 0 aromatic carbocycles. The predicted octanol–water partition coefficient (Wildman–Crippen LogP) is 2.35. The fourth-order valence-electron chi connectivity index (χ4n) is 2.01. The Morgan fingerprint density at radius 2 is 2.44 bits per heavy atom. The second-order valence-electron chi connectivity index (χ2n) is 3.90. The summed E-state index contributed by atoms with van der Waals surface area (Å²) in [5, 5.41) is 3.61. The van der Waals surface area contributed by atoms with E-state index in [0.717, 1.165) is 31.5 Å². The number of pyridine rings is 1. The predicted molar refractivity (Wildman–Crippen MR) is 60.6 cm³/mol. The summed E-state index contributed by atoms with van der Waals surface area (Å²) in [5.74, 6) is -0.251. The normalized spacial score (nSPS) is 20.8. The minimum atomic E-state index is -0.451. The zero-order valence-electron chi connectivity index (χ0n) is 9.09. The van der Waals surface area contributed by atoms with Gasteiger partial charge in [-0.3, -0.25) is 0 Å². The molecule has 88 valence electrons. The molecule has 5 heteroatoms. The molecule has 0 bridgehead atoms. The summed E-state index contributed by atoms with van der Waals surface area (Å²) in [6, 6.07) is 1.44. The van der Waals surface area contributed by atoms with E-state index in [9.17, 15) is 4.39 Å². The first-order valence-electron chi connectivity index (χ1n) is 5.33. The van der Waals surface area contributed by atoms with Crippen molar-refractivity contribution >= 4 is 11.6 Å². The fraction of sp³-hybridized carbons (Fsp3) is 0.545. The summed E-state index contributed by atoms with van der Waals surface area (Å²) >= 11 is 6.03. The third-order valence-electron chi connectivity index (χ3n) is 2.85. The number of methoxy groups -OCH3 is 1. The molecule has 3 nitrogen and oxygen atoms in total. The summed E-state index contributed by atoms with van der Waals surface area (Å²) in [6.45, 7) is 1.84. The number of aromatic nitrogens is 1. The molecule has 0 spiro atoms. The van der Waals surface area contributed by atoms with Crippen molar-refractivity contribution in [2.24, 2.45) is 0 Å². The van der Waals surface area contributed by atoms with E-state index in [4.69, 9.17) is 16.3 Å². The van der Waals surface area contributed by atoms with Crippen LogP contribution in [0.2, 0.25) is 5.15 Å². The largest absolute Gasteiger partial charge is 0.479 e. The van der Waals surface area contributed by atoms with Crippen molar-refractivity contribution in [3.63, 3.8) is 0 Å². The monoisotopic (exact) mass is 244 g/mol. The summed E-state index contributed by atoms with van der Waals surface area (Å²) in [4.78, 5) is 3.91. The summed E-state index contributed by atoms with van der Waals surface area (Å²) in [7, 11) is 1.38. The SMILES string of the molecule is COc1nc(Cl)c(C2CCCNC2)cc1F. The van der Waals surface area contributed by atoms with Crippen molar-refractivity contribution in [1.29, 1.82) is 0 Å². The third-order valence-corrected chi connectivity index (χ3v) is 3.16. The molecule has 2 heterocycles. The maximum Gasteiger partial charge on any atom is 0.251 e. The Kier molecular flexibility index (Phi) is 3.61.